The van der Waals surface area contributed by atoms with Gasteiger partial charge in [0.15, 0.2) is 17.2 Å². The number of methoxy groups -OCH3 is 1. The fourth-order valence-corrected chi connectivity index (χ4v) is 5.43. The minimum Gasteiger partial charge on any atom is -0.494 e. The van der Waals surface area contributed by atoms with E-state index < -0.39 is 75.7 Å². The smallest absolute Gasteiger partial charge is 0.494 e. The van der Waals surface area contributed by atoms with Crippen molar-refractivity contribution in [2.75, 3.05) is 20.3 Å². The van der Waals surface area contributed by atoms with Gasteiger partial charge in [0.2, 0.25) is 5.60 Å². The number of nitrogens with one attached hydrogen (secondary N) is 1. The largest absolute Gasteiger partial charge is 0.586 e. The number of halogens is 6. The summed E-state index contributed by atoms with van der Waals surface area (Å²) < 4.78 is 93.2. The lowest BCUT2D eigenvalue weighted by molar-refractivity contribution is -0.286. The molecule has 0 spiro atoms. The summed E-state index contributed by atoms with van der Waals surface area (Å²) in [7, 11) is 1.35. The summed E-state index contributed by atoms with van der Waals surface area (Å²) in [5.41, 5.74) is -0.847. The molecule has 1 aliphatic heterocycles. The topological polar surface area (TPSA) is 160 Å². The van der Waals surface area contributed by atoms with Crippen LogP contribution >= 0.6 is 11.6 Å². The molecule has 2 amide bonds. The zero-order chi connectivity index (χ0) is 34.8. The summed E-state index contributed by atoms with van der Waals surface area (Å²) in [6.07, 6.45) is -6.07. The molecule has 1 atom stereocenters. The van der Waals surface area contributed by atoms with E-state index in [1.54, 1.807) is 10.9 Å². The van der Waals surface area contributed by atoms with Gasteiger partial charge in [0.1, 0.15) is 17.0 Å². The molecule has 2 aliphatic rings. The van der Waals surface area contributed by atoms with Crippen molar-refractivity contribution < 1.29 is 55.6 Å². The van der Waals surface area contributed by atoms with E-state index in [9.17, 15) is 36.6 Å². The summed E-state index contributed by atoms with van der Waals surface area (Å²) in [6, 6.07) is 5.52. The maximum atomic E-state index is 14.7. The predicted molar refractivity (Wildman–Crippen MR) is 157 cm³/mol. The van der Waals surface area contributed by atoms with Crippen LogP contribution in [0.4, 0.5) is 22.0 Å². The molecule has 1 saturated carbocycles. The Hall–Kier alpha value is -4.90. The lowest BCUT2D eigenvalue weighted by Gasteiger charge is -2.31. The van der Waals surface area contributed by atoms with Crippen LogP contribution in [0.1, 0.15) is 52.2 Å². The van der Waals surface area contributed by atoms with Crippen molar-refractivity contribution in [3.63, 3.8) is 0 Å². The van der Waals surface area contributed by atoms with Crippen LogP contribution in [-0.2, 0) is 5.60 Å². The quantitative estimate of drug-likeness (QED) is 0.192. The Balaban J connectivity index is 1.41. The Kier molecular flexibility index (Phi) is 8.02. The molecule has 0 saturated heterocycles. The van der Waals surface area contributed by atoms with Gasteiger partial charge in [0.25, 0.3) is 11.8 Å². The van der Waals surface area contributed by atoms with Crippen LogP contribution in [0.25, 0.3) is 22.2 Å². The van der Waals surface area contributed by atoms with Crippen LogP contribution in [-0.4, -0.2) is 64.4 Å². The predicted octanol–water partition coefficient (Wildman–Crippen LogP) is 5.09. The van der Waals surface area contributed by atoms with Gasteiger partial charge >= 0.3 is 12.5 Å². The standard InChI is InChI=1S/C30H25ClF5N5O7/c1-3-46-24-17(26(37)42)10-20(39-23(24)16-6-7-18-25(21(16)31)48-30(35,36)47-18)28(44,29(32,33)34)12-38-27(43)13-8-14-11-41(15-4-5-15)40-22(14)19(9-13)45-2/h6-11,15,44H,3-5,12H2,1-2H3,(H2,37,42)(H,38,43)/t28-/m0/s1. The summed E-state index contributed by atoms with van der Waals surface area (Å²) in [5, 5.41) is 17.7. The molecule has 2 aromatic heterocycles. The molecular weight excluding hydrogens is 673 g/mol. The van der Waals surface area contributed by atoms with Gasteiger partial charge in [-0.3, -0.25) is 14.3 Å². The highest BCUT2D eigenvalue weighted by Crippen LogP contribution is 2.51. The SMILES string of the molecule is CCOc1c(C(N)=O)cc([C@@](O)(CNC(=O)c2cc(OC)c3nn(C4CC4)cc3c2)C(F)(F)F)nc1-c1ccc2c(c1Cl)OC(F)(F)O2. The van der Waals surface area contributed by atoms with Crippen LogP contribution in [0.5, 0.6) is 23.0 Å². The summed E-state index contributed by atoms with van der Waals surface area (Å²) in [5.74, 6) is -3.71. The number of benzene rings is 2. The molecule has 0 radical (unpaired) electrons. The molecule has 1 fully saturated rings. The number of hydrogen-bond donors (Lipinski definition) is 3. The second-order valence-corrected chi connectivity index (χ2v) is 11.3. The number of aliphatic hydroxyl groups is 1. The van der Waals surface area contributed by atoms with Gasteiger partial charge in [-0.1, -0.05) is 11.6 Å². The minimum absolute atomic E-state index is 0.0960. The molecule has 6 rings (SSSR count). The number of fused-ring (bicyclic) bond motifs is 2. The zero-order valence-electron chi connectivity index (χ0n) is 25.0. The number of nitrogens with zero attached hydrogens (tertiary/aromatic N) is 3. The second kappa shape index (κ2) is 11.7. The fourth-order valence-electron chi connectivity index (χ4n) is 5.15. The van der Waals surface area contributed by atoms with Crippen LogP contribution < -0.4 is 30.0 Å². The molecule has 48 heavy (non-hydrogen) atoms. The third kappa shape index (κ3) is 5.76. The monoisotopic (exact) mass is 697 g/mol. The van der Waals surface area contributed by atoms with E-state index in [1.807, 2.05) is 0 Å². The van der Waals surface area contributed by atoms with Gasteiger partial charge in [-0.15, -0.1) is 8.78 Å². The number of alkyl halides is 5. The van der Waals surface area contributed by atoms with Crippen molar-refractivity contribution in [2.24, 2.45) is 5.73 Å². The molecule has 18 heteroatoms. The number of carbonyl (C=O) groups is 2. The molecule has 12 nitrogen and oxygen atoms in total. The molecule has 254 valence electrons. The third-order valence-electron chi connectivity index (χ3n) is 7.68. The van der Waals surface area contributed by atoms with E-state index in [2.05, 4.69) is 24.9 Å². The minimum atomic E-state index is -5.51. The van der Waals surface area contributed by atoms with Gasteiger partial charge in [0, 0.05) is 22.7 Å². The van der Waals surface area contributed by atoms with Gasteiger partial charge < -0.3 is 35.1 Å². The highest BCUT2D eigenvalue weighted by atomic mass is 35.5. The molecule has 2 aromatic carbocycles. The zero-order valence-corrected chi connectivity index (χ0v) is 25.7. The van der Waals surface area contributed by atoms with Crippen molar-refractivity contribution in [1.29, 1.82) is 0 Å². The number of primary amides is 1. The van der Waals surface area contributed by atoms with Crippen molar-refractivity contribution in [1.82, 2.24) is 20.1 Å². The molecular formula is C30H25ClF5N5O7. The number of ether oxygens (including phenoxy) is 4. The van der Waals surface area contributed by atoms with E-state index in [4.69, 9.17) is 26.8 Å². The first-order valence-corrected chi connectivity index (χ1v) is 14.7. The molecule has 1 aliphatic carbocycles. The molecule has 0 bridgehead atoms. The number of pyridine rings is 1. The highest BCUT2D eigenvalue weighted by molar-refractivity contribution is 6.35. The van der Waals surface area contributed by atoms with Gasteiger partial charge in [-0.05, 0) is 50.1 Å². The maximum Gasteiger partial charge on any atom is 0.586 e. The van der Waals surface area contributed by atoms with Crippen LogP contribution in [0, 0.1) is 0 Å². The van der Waals surface area contributed by atoms with Crippen LogP contribution in [0.3, 0.4) is 0 Å². The highest BCUT2D eigenvalue weighted by Gasteiger charge is 2.57. The van der Waals surface area contributed by atoms with E-state index in [-0.39, 0.29) is 29.5 Å². The van der Waals surface area contributed by atoms with Gasteiger partial charge in [-0.2, -0.15) is 18.3 Å². The third-order valence-corrected chi connectivity index (χ3v) is 8.06. The lowest BCUT2D eigenvalue weighted by atomic mass is 9.94. The number of hydrogen-bond acceptors (Lipinski definition) is 9. The summed E-state index contributed by atoms with van der Waals surface area (Å²) in [6.45, 7) is -0.159. The van der Waals surface area contributed by atoms with Crippen molar-refractivity contribution in [3.05, 3.63) is 58.4 Å². The van der Waals surface area contributed by atoms with Crippen molar-refractivity contribution >= 4 is 34.3 Å². The summed E-state index contributed by atoms with van der Waals surface area (Å²) >= 11 is 6.33. The van der Waals surface area contributed by atoms with Crippen LogP contribution in [0.2, 0.25) is 5.02 Å². The van der Waals surface area contributed by atoms with E-state index in [1.165, 1.54) is 26.2 Å². The molecule has 3 heterocycles. The maximum absolute atomic E-state index is 14.7. The van der Waals surface area contributed by atoms with Crippen molar-refractivity contribution in [3.8, 4) is 34.3 Å². The molecule has 4 aromatic rings. The van der Waals surface area contributed by atoms with Crippen molar-refractivity contribution in [2.45, 2.75) is 43.9 Å². The van der Waals surface area contributed by atoms with Gasteiger partial charge in [-0.25, -0.2) is 4.98 Å². The van der Waals surface area contributed by atoms with Crippen LogP contribution in [0.15, 0.2) is 36.5 Å². The average molecular weight is 698 g/mol. The molecule has 4 N–H and O–H groups in total. The Labute approximate surface area is 272 Å². The lowest BCUT2D eigenvalue weighted by Crippen LogP contribution is -2.51. The Morgan fingerprint density at radius 3 is 2.56 bits per heavy atom. The Morgan fingerprint density at radius 2 is 1.94 bits per heavy atom. The first-order valence-electron chi connectivity index (χ1n) is 14.3. The first kappa shape index (κ1) is 33.0. The Bertz CT molecular complexity index is 1970. The van der Waals surface area contributed by atoms with Gasteiger partial charge in [0.05, 0.1) is 42.6 Å². The average Bonchev–Trinajstić information content (AvgIpc) is 3.70. The normalized spacial score (nSPS) is 16.4. The van der Waals surface area contributed by atoms with E-state index >= 15 is 0 Å². The fraction of sp³-hybridized carbons (Fsp3) is 0.333. The number of aromatic nitrogens is 3. The number of rotatable bonds is 10. The Morgan fingerprint density at radius 1 is 1.21 bits per heavy atom. The first-order chi connectivity index (χ1) is 22.6. The number of carbonyl (C=O) groups excluding carboxylic acids is 2. The summed E-state index contributed by atoms with van der Waals surface area (Å²) in [4.78, 5) is 29.7. The second-order valence-electron chi connectivity index (χ2n) is 10.9. The number of nitrogens with two attached hydrogens (primary N) is 1. The number of amides is 2. The van der Waals surface area contributed by atoms with E-state index in [0.29, 0.717) is 17.0 Å². The molecule has 0 unspecified atom stereocenters. The van der Waals surface area contributed by atoms with E-state index in [0.717, 1.165) is 25.0 Å².